The van der Waals surface area contributed by atoms with Gasteiger partial charge < -0.3 is 14.6 Å². The van der Waals surface area contributed by atoms with Crippen LogP contribution < -0.4 is 4.74 Å². The van der Waals surface area contributed by atoms with Gasteiger partial charge in [-0.3, -0.25) is 0 Å². The molecular weight excluding hydrogens is 247 g/mol. The van der Waals surface area contributed by atoms with E-state index in [1.165, 1.54) is 12.1 Å². The fourth-order valence-electron chi connectivity index (χ4n) is 1.42. The summed E-state index contributed by atoms with van der Waals surface area (Å²) in [5.74, 6) is 5.73. The van der Waals surface area contributed by atoms with Gasteiger partial charge in [-0.15, -0.1) is 0 Å². The quantitative estimate of drug-likeness (QED) is 0.608. The normalized spacial score (nSPS) is 9.84. The Kier molecular flexibility index (Phi) is 7.64. The van der Waals surface area contributed by atoms with Gasteiger partial charge in [0.25, 0.3) is 0 Å². The molecule has 0 fully saturated rings. The number of ether oxygens (including phenoxy) is 2. The lowest BCUT2D eigenvalue weighted by atomic mass is 10.2. The topological polar surface area (TPSA) is 38.7 Å². The number of aliphatic hydroxyl groups is 1. The third-order valence-corrected chi connectivity index (χ3v) is 2.30. The molecule has 0 spiro atoms. The Morgan fingerprint density at radius 1 is 1.32 bits per heavy atom. The molecule has 0 atom stereocenters. The molecule has 0 aliphatic carbocycles. The minimum absolute atomic E-state index is 0.0126. The number of halogens is 1. The molecule has 1 N–H and O–H groups in total. The first-order valence-corrected chi connectivity index (χ1v) is 6.37. The fourth-order valence-corrected chi connectivity index (χ4v) is 1.42. The van der Waals surface area contributed by atoms with Gasteiger partial charge in [0.05, 0.1) is 18.8 Å². The highest BCUT2D eigenvalue weighted by molar-refractivity contribution is 5.46. The van der Waals surface area contributed by atoms with Crippen molar-refractivity contribution in [3.05, 3.63) is 29.6 Å². The van der Waals surface area contributed by atoms with E-state index in [2.05, 4.69) is 11.8 Å². The summed E-state index contributed by atoms with van der Waals surface area (Å²) in [6.07, 6.45) is 1.13. The molecule has 0 amide bonds. The first kappa shape index (κ1) is 15.5. The number of rotatable bonds is 7. The summed E-state index contributed by atoms with van der Waals surface area (Å²) in [4.78, 5) is 0. The van der Waals surface area contributed by atoms with E-state index in [0.717, 1.165) is 6.42 Å². The predicted octanol–water partition coefficient (Wildman–Crippen LogP) is 2.37. The van der Waals surface area contributed by atoms with Crippen molar-refractivity contribution in [1.29, 1.82) is 0 Å². The lowest BCUT2D eigenvalue weighted by Gasteiger charge is -2.08. The van der Waals surface area contributed by atoms with Crippen molar-refractivity contribution in [1.82, 2.24) is 0 Å². The van der Waals surface area contributed by atoms with E-state index in [-0.39, 0.29) is 12.4 Å². The summed E-state index contributed by atoms with van der Waals surface area (Å²) in [6, 6.07) is 4.25. The second kappa shape index (κ2) is 9.37. The van der Waals surface area contributed by atoms with Crippen LogP contribution in [0.25, 0.3) is 0 Å². The Balaban J connectivity index is 2.59. The molecule has 0 aliphatic rings. The first-order valence-electron chi connectivity index (χ1n) is 6.37. The Hall–Kier alpha value is -1.57. The third-order valence-electron chi connectivity index (χ3n) is 2.30. The highest BCUT2D eigenvalue weighted by Gasteiger charge is 2.03. The lowest BCUT2D eigenvalue weighted by molar-refractivity contribution is 0.130. The van der Waals surface area contributed by atoms with E-state index in [9.17, 15) is 4.39 Å². The molecular formula is C15H19FO3. The largest absolute Gasteiger partial charge is 0.492 e. The molecule has 1 aromatic rings. The van der Waals surface area contributed by atoms with Crippen molar-refractivity contribution < 1.29 is 19.0 Å². The van der Waals surface area contributed by atoms with Crippen molar-refractivity contribution in [2.45, 2.75) is 19.8 Å². The van der Waals surface area contributed by atoms with Gasteiger partial charge in [-0.2, -0.15) is 0 Å². The van der Waals surface area contributed by atoms with E-state index in [4.69, 9.17) is 14.6 Å². The van der Waals surface area contributed by atoms with E-state index in [1.54, 1.807) is 6.07 Å². The molecule has 1 rings (SSSR count). The highest BCUT2D eigenvalue weighted by atomic mass is 19.1. The molecule has 104 valence electrons. The van der Waals surface area contributed by atoms with Crippen LogP contribution in [0, 0.1) is 17.7 Å². The predicted molar refractivity (Wildman–Crippen MR) is 71.6 cm³/mol. The van der Waals surface area contributed by atoms with Crippen LogP contribution in [0.5, 0.6) is 5.75 Å². The zero-order valence-corrected chi connectivity index (χ0v) is 11.1. The summed E-state index contributed by atoms with van der Waals surface area (Å²) < 4.78 is 23.9. The zero-order valence-electron chi connectivity index (χ0n) is 11.1. The van der Waals surface area contributed by atoms with E-state index in [1.807, 2.05) is 6.92 Å². The monoisotopic (exact) mass is 266 g/mol. The SMILES string of the molecule is CCOCCCOc1cc(F)ccc1C#CCCO. The molecule has 0 radical (unpaired) electrons. The van der Waals surface area contributed by atoms with Crippen molar-refractivity contribution >= 4 is 0 Å². The molecule has 0 aliphatic heterocycles. The van der Waals surface area contributed by atoms with Gasteiger partial charge >= 0.3 is 0 Å². The summed E-state index contributed by atoms with van der Waals surface area (Å²) in [5.41, 5.74) is 0.631. The number of aliphatic hydroxyl groups excluding tert-OH is 1. The highest BCUT2D eigenvalue weighted by Crippen LogP contribution is 2.19. The second-order valence-corrected chi connectivity index (χ2v) is 3.81. The average molecular weight is 266 g/mol. The summed E-state index contributed by atoms with van der Waals surface area (Å²) in [7, 11) is 0. The van der Waals surface area contributed by atoms with Gasteiger partial charge in [0, 0.05) is 32.1 Å². The molecule has 1 aromatic carbocycles. The number of hydrogen-bond acceptors (Lipinski definition) is 3. The van der Waals surface area contributed by atoms with Gasteiger partial charge in [-0.05, 0) is 19.1 Å². The molecule has 0 aromatic heterocycles. The van der Waals surface area contributed by atoms with E-state index < -0.39 is 0 Å². The van der Waals surface area contributed by atoms with Gasteiger partial charge in [0.1, 0.15) is 11.6 Å². The number of hydrogen-bond donors (Lipinski definition) is 1. The van der Waals surface area contributed by atoms with E-state index in [0.29, 0.717) is 37.6 Å². The molecule has 0 saturated heterocycles. The second-order valence-electron chi connectivity index (χ2n) is 3.81. The zero-order chi connectivity index (χ0) is 13.9. The first-order chi connectivity index (χ1) is 9.27. The third kappa shape index (κ3) is 6.23. The molecule has 3 nitrogen and oxygen atoms in total. The van der Waals surface area contributed by atoms with Crippen LogP contribution in [0.15, 0.2) is 18.2 Å². The lowest BCUT2D eigenvalue weighted by Crippen LogP contribution is -2.04. The maximum absolute atomic E-state index is 13.2. The van der Waals surface area contributed by atoms with Crippen LogP contribution in [0.3, 0.4) is 0 Å². The van der Waals surface area contributed by atoms with Gasteiger partial charge in [0.2, 0.25) is 0 Å². The van der Waals surface area contributed by atoms with Gasteiger partial charge in [0.15, 0.2) is 0 Å². The summed E-state index contributed by atoms with van der Waals surface area (Å²) >= 11 is 0. The Labute approximate surface area is 113 Å². The molecule has 0 unspecified atom stereocenters. The van der Waals surface area contributed by atoms with Crippen molar-refractivity contribution in [2.24, 2.45) is 0 Å². The maximum Gasteiger partial charge on any atom is 0.137 e. The summed E-state index contributed by atoms with van der Waals surface area (Å²) in [5, 5.41) is 8.67. The van der Waals surface area contributed by atoms with Crippen LogP contribution >= 0.6 is 0 Å². The van der Waals surface area contributed by atoms with Crippen LogP contribution in [0.1, 0.15) is 25.3 Å². The van der Waals surface area contributed by atoms with Crippen LogP contribution in [0.2, 0.25) is 0 Å². The number of benzene rings is 1. The minimum atomic E-state index is -0.354. The van der Waals surface area contributed by atoms with Gasteiger partial charge in [-0.25, -0.2) is 4.39 Å². The fraction of sp³-hybridized carbons (Fsp3) is 0.467. The maximum atomic E-state index is 13.2. The molecule has 0 heterocycles. The van der Waals surface area contributed by atoms with Gasteiger partial charge in [-0.1, -0.05) is 11.8 Å². The minimum Gasteiger partial charge on any atom is -0.492 e. The molecule has 0 bridgehead atoms. The molecule has 0 saturated carbocycles. The summed E-state index contributed by atoms with van der Waals surface area (Å²) in [6.45, 7) is 3.70. The van der Waals surface area contributed by atoms with Crippen LogP contribution in [-0.2, 0) is 4.74 Å². The van der Waals surface area contributed by atoms with E-state index >= 15 is 0 Å². The Morgan fingerprint density at radius 3 is 2.89 bits per heavy atom. The molecule has 19 heavy (non-hydrogen) atoms. The van der Waals surface area contributed by atoms with Crippen molar-refractivity contribution in [2.75, 3.05) is 26.4 Å². The van der Waals surface area contributed by atoms with Crippen LogP contribution in [0.4, 0.5) is 4.39 Å². The average Bonchev–Trinajstić information content (AvgIpc) is 2.41. The van der Waals surface area contributed by atoms with Crippen molar-refractivity contribution in [3.63, 3.8) is 0 Å². The smallest absolute Gasteiger partial charge is 0.137 e. The molecule has 4 heteroatoms. The standard InChI is InChI=1S/C15H19FO3/c1-2-18-10-5-11-19-15-12-14(16)8-7-13(15)6-3-4-9-17/h7-8,12,17H,2,4-5,9-11H2,1H3. The van der Waals surface area contributed by atoms with Crippen LogP contribution in [-0.4, -0.2) is 31.5 Å². The Morgan fingerprint density at radius 2 is 2.16 bits per heavy atom. The van der Waals surface area contributed by atoms with Crippen molar-refractivity contribution in [3.8, 4) is 17.6 Å². The Bertz CT molecular complexity index is 435.